The molecule has 6 heteroatoms. The Balaban J connectivity index is 2.10. The van der Waals surface area contributed by atoms with Gasteiger partial charge in [-0.25, -0.2) is 9.97 Å². The van der Waals surface area contributed by atoms with Gasteiger partial charge in [0, 0.05) is 22.9 Å². The average molecular weight is 349 g/mol. The van der Waals surface area contributed by atoms with Gasteiger partial charge in [0.05, 0.1) is 0 Å². The number of amides is 1. The van der Waals surface area contributed by atoms with Gasteiger partial charge in [-0.1, -0.05) is 28.9 Å². The molecule has 0 spiro atoms. The van der Waals surface area contributed by atoms with Crippen molar-refractivity contribution in [2.75, 3.05) is 17.2 Å². The first kappa shape index (κ1) is 15.4. The molecule has 1 aromatic heterocycles. The average Bonchev–Trinajstić information content (AvgIpc) is 2.49. The predicted molar refractivity (Wildman–Crippen MR) is 87.6 cm³/mol. The van der Waals surface area contributed by atoms with E-state index >= 15 is 0 Å². The number of hydrogen-bond acceptors (Lipinski definition) is 4. The van der Waals surface area contributed by atoms with Crippen LogP contribution in [0.5, 0.6) is 0 Å². The number of benzene rings is 1. The Morgan fingerprint density at radius 2 is 2.14 bits per heavy atom. The van der Waals surface area contributed by atoms with Crippen molar-refractivity contribution >= 4 is 33.5 Å². The topological polar surface area (TPSA) is 66.9 Å². The molecule has 1 heterocycles. The molecule has 110 valence electrons. The van der Waals surface area contributed by atoms with Crippen LogP contribution in [0.1, 0.15) is 29.4 Å². The summed E-state index contributed by atoms with van der Waals surface area (Å²) >= 11 is 3.45. The van der Waals surface area contributed by atoms with Gasteiger partial charge >= 0.3 is 0 Å². The molecule has 1 aromatic carbocycles. The highest BCUT2D eigenvalue weighted by Crippen LogP contribution is 2.21. The fourth-order valence-corrected chi connectivity index (χ4v) is 2.05. The highest BCUT2D eigenvalue weighted by Gasteiger charge is 2.09. The summed E-state index contributed by atoms with van der Waals surface area (Å²) in [6, 6.07) is 7.25. The minimum Gasteiger partial charge on any atom is -0.354 e. The third-order valence-corrected chi connectivity index (χ3v) is 3.71. The second-order valence-corrected chi connectivity index (χ2v) is 5.46. The molecule has 0 unspecified atom stereocenters. The second kappa shape index (κ2) is 7.17. The van der Waals surface area contributed by atoms with Crippen LogP contribution in [0.4, 0.5) is 11.6 Å². The van der Waals surface area contributed by atoms with Crippen molar-refractivity contribution in [3.8, 4) is 0 Å². The molecule has 2 rings (SSSR count). The summed E-state index contributed by atoms with van der Waals surface area (Å²) in [5, 5.41) is 5.88. The van der Waals surface area contributed by atoms with Crippen LogP contribution < -0.4 is 10.6 Å². The van der Waals surface area contributed by atoms with E-state index < -0.39 is 0 Å². The molecule has 0 aliphatic heterocycles. The smallest absolute Gasteiger partial charge is 0.274 e. The summed E-state index contributed by atoms with van der Waals surface area (Å²) in [6.07, 6.45) is 2.54. The zero-order valence-corrected chi connectivity index (χ0v) is 13.6. The molecule has 0 bridgehead atoms. The lowest BCUT2D eigenvalue weighted by molar-refractivity contribution is 0.102. The van der Waals surface area contributed by atoms with Gasteiger partial charge in [-0.3, -0.25) is 4.79 Å². The summed E-state index contributed by atoms with van der Waals surface area (Å²) in [4.78, 5) is 20.5. The minimum atomic E-state index is -0.257. The van der Waals surface area contributed by atoms with Gasteiger partial charge in [0.1, 0.15) is 5.69 Å². The number of rotatable bonds is 5. The van der Waals surface area contributed by atoms with Gasteiger partial charge in [-0.05, 0) is 37.1 Å². The number of anilines is 2. The third-order valence-electron chi connectivity index (χ3n) is 2.85. The van der Waals surface area contributed by atoms with E-state index in [-0.39, 0.29) is 5.91 Å². The lowest BCUT2D eigenvalue weighted by Crippen LogP contribution is -2.15. The number of nitrogens with one attached hydrogen (secondary N) is 2. The zero-order valence-electron chi connectivity index (χ0n) is 12.0. The minimum absolute atomic E-state index is 0.257. The SMILES string of the molecule is CCCNc1nccc(C(=O)Nc2ccc(C)c(Br)c2)n1. The summed E-state index contributed by atoms with van der Waals surface area (Å²) < 4.78 is 0.952. The fraction of sp³-hybridized carbons (Fsp3) is 0.267. The Hall–Kier alpha value is -1.95. The van der Waals surface area contributed by atoms with Crippen LogP contribution in [0, 0.1) is 6.92 Å². The van der Waals surface area contributed by atoms with Crippen LogP contribution in [0.25, 0.3) is 0 Å². The van der Waals surface area contributed by atoms with Crippen LogP contribution in [-0.4, -0.2) is 22.4 Å². The summed E-state index contributed by atoms with van der Waals surface area (Å²) in [5.41, 5.74) is 2.17. The maximum Gasteiger partial charge on any atom is 0.274 e. The number of aromatic nitrogens is 2. The van der Waals surface area contributed by atoms with Gasteiger partial charge in [0.25, 0.3) is 5.91 Å². The summed E-state index contributed by atoms with van der Waals surface area (Å²) in [6.45, 7) is 4.82. The second-order valence-electron chi connectivity index (χ2n) is 4.61. The van der Waals surface area contributed by atoms with Gasteiger partial charge in [0.2, 0.25) is 5.95 Å². The lowest BCUT2D eigenvalue weighted by atomic mass is 10.2. The van der Waals surface area contributed by atoms with E-state index in [4.69, 9.17) is 0 Å². The molecule has 0 saturated carbocycles. The Kier molecular flexibility index (Phi) is 5.27. The van der Waals surface area contributed by atoms with Crippen molar-refractivity contribution in [2.45, 2.75) is 20.3 Å². The molecular formula is C15H17BrN4O. The van der Waals surface area contributed by atoms with E-state index in [0.717, 1.165) is 28.7 Å². The van der Waals surface area contributed by atoms with Crippen LogP contribution >= 0.6 is 15.9 Å². The molecule has 2 N–H and O–H groups in total. The van der Waals surface area contributed by atoms with E-state index in [1.54, 1.807) is 12.3 Å². The summed E-state index contributed by atoms with van der Waals surface area (Å²) in [5.74, 6) is 0.210. The normalized spacial score (nSPS) is 10.2. The highest BCUT2D eigenvalue weighted by molar-refractivity contribution is 9.10. The van der Waals surface area contributed by atoms with Crippen molar-refractivity contribution in [3.05, 3.63) is 46.2 Å². The van der Waals surface area contributed by atoms with Crippen molar-refractivity contribution in [1.82, 2.24) is 9.97 Å². The zero-order chi connectivity index (χ0) is 15.2. The fourth-order valence-electron chi connectivity index (χ4n) is 1.67. The quantitative estimate of drug-likeness (QED) is 0.865. The van der Waals surface area contributed by atoms with Gasteiger partial charge in [-0.15, -0.1) is 0 Å². The molecule has 1 amide bonds. The molecule has 21 heavy (non-hydrogen) atoms. The molecule has 0 aliphatic carbocycles. The van der Waals surface area contributed by atoms with Gasteiger partial charge < -0.3 is 10.6 Å². The number of carbonyl (C=O) groups excluding carboxylic acids is 1. The Morgan fingerprint density at radius 3 is 2.86 bits per heavy atom. The maximum atomic E-state index is 12.2. The molecule has 0 aliphatic rings. The molecule has 0 saturated heterocycles. The third kappa shape index (κ3) is 4.26. The highest BCUT2D eigenvalue weighted by atomic mass is 79.9. The van der Waals surface area contributed by atoms with Crippen LogP contribution in [0.15, 0.2) is 34.9 Å². The van der Waals surface area contributed by atoms with Crippen LogP contribution in [-0.2, 0) is 0 Å². The molecule has 2 aromatic rings. The van der Waals surface area contributed by atoms with Crippen molar-refractivity contribution in [3.63, 3.8) is 0 Å². The van der Waals surface area contributed by atoms with E-state index in [1.165, 1.54) is 0 Å². The molecule has 0 atom stereocenters. The first-order valence-electron chi connectivity index (χ1n) is 6.74. The van der Waals surface area contributed by atoms with E-state index in [9.17, 15) is 4.79 Å². The maximum absolute atomic E-state index is 12.2. The number of hydrogen-bond donors (Lipinski definition) is 2. The number of halogens is 1. The van der Waals surface area contributed by atoms with Crippen molar-refractivity contribution < 1.29 is 4.79 Å². The lowest BCUT2D eigenvalue weighted by Gasteiger charge is -2.08. The number of nitrogens with zero attached hydrogens (tertiary/aromatic N) is 2. The first-order valence-corrected chi connectivity index (χ1v) is 7.54. The Bertz CT molecular complexity index is 645. The number of carbonyl (C=O) groups is 1. The molecular weight excluding hydrogens is 332 g/mol. The summed E-state index contributed by atoms with van der Waals surface area (Å²) in [7, 11) is 0. The molecule has 5 nitrogen and oxygen atoms in total. The number of aryl methyl sites for hydroxylation is 1. The first-order chi connectivity index (χ1) is 10.1. The Labute approximate surface area is 132 Å². The van der Waals surface area contributed by atoms with Gasteiger partial charge in [-0.2, -0.15) is 0 Å². The predicted octanol–water partition coefficient (Wildman–Crippen LogP) is 3.62. The van der Waals surface area contributed by atoms with E-state index in [2.05, 4.69) is 43.5 Å². The molecule has 0 fully saturated rings. The van der Waals surface area contributed by atoms with Crippen molar-refractivity contribution in [1.29, 1.82) is 0 Å². The largest absolute Gasteiger partial charge is 0.354 e. The van der Waals surface area contributed by atoms with E-state index in [0.29, 0.717) is 11.6 Å². The standard InChI is InChI=1S/C15H17BrN4O/c1-3-7-17-15-18-8-6-13(20-15)14(21)19-11-5-4-10(2)12(16)9-11/h4-6,8-9H,3,7H2,1-2H3,(H,19,21)(H,17,18,20). The van der Waals surface area contributed by atoms with Gasteiger partial charge in [0.15, 0.2) is 0 Å². The monoisotopic (exact) mass is 348 g/mol. The van der Waals surface area contributed by atoms with Crippen LogP contribution in [0.3, 0.4) is 0 Å². The van der Waals surface area contributed by atoms with Crippen molar-refractivity contribution in [2.24, 2.45) is 0 Å². The molecule has 0 radical (unpaired) electrons. The Morgan fingerprint density at radius 1 is 1.33 bits per heavy atom. The van der Waals surface area contributed by atoms with Crippen LogP contribution in [0.2, 0.25) is 0 Å². The van der Waals surface area contributed by atoms with E-state index in [1.807, 2.05) is 25.1 Å².